The van der Waals surface area contributed by atoms with Gasteiger partial charge in [-0.05, 0) is 30.5 Å². The zero-order valence-corrected chi connectivity index (χ0v) is 12.5. The number of hydrogen-bond acceptors (Lipinski definition) is 4. The van der Waals surface area contributed by atoms with Gasteiger partial charge in [0.05, 0.1) is 4.92 Å². The number of aromatic nitrogens is 3. The Kier molecular flexibility index (Phi) is 4.42. The third-order valence-electron chi connectivity index (χ3n) is 3.59. The molecule has 6 nitrogen and oxygen atoms in total. The van der Waals surface area contributed by atoms with Crippen LogP contribution in [-0.2, 0) is 12.8 Å². The van der Waals surface area contributed by atoms with Gasteiger partial charge in [-0.1, -0.05) is 30.3 Å². The molecule has 0 radical (unpaired) electrons. The average molecular weight is 308 g/mol. The van der Waals surface area contributed by atoms with Gasteiger partial charge >= 0.3 is 0 Å². The fourth-order valence-corrected chi connectivity index (χ4v) is 2.37. The lowest BCUT2D eigenvalue weighted by Crippen LogP contribution is -1.92. The van der Waals surface area contributed by atoms with Crippen molar-refractivity contribution in [1.82, 2.24) is 15.2 Å². The summed E-state index contributed by atoms with van der Waals surface area (Å²) in [7, 11) is 0. The average Bonchev–Trinajstić information content (AvgIpc) is 3.05. The van der Waals surface area contributed by atoms with E-state index in [9.17, 15) is 10.1 Å². The molecule has 0 saturated carbocycles. The van der Waals surface area contributed by atoms with Crippen molar-refractivity contribution in [3.05, 3.63) is 76.1 Å². The predicted octanol–water partition coefficient (Wildman–Crippen LogP) is 3.56. The fraction of sp³-hybridized carbons (Fsp3) is 0.176. The number of rotatable bonds is 6. The van der Waals surface area contributed by atoms with E-state index in [2.05, 4.69) is 27.3 Å². The molecule has 0 aliphatic carbocycles. The Morgan fingerprint density at radius 3 is 2.43 bits per heavy atom. The molecule has 0 saturated heterocycles. The van der Waals surface area contributed by atoms with Crippen molar-refractivity contribution in [2.75, 3.05) is 0 Å². The number of nitrogens with zero attached hydrogens (tertiary/aromatic N) is 3. The summed E-state index contributed by atoms with van der Waals surface area (Å²) in [6, 6.07) is 16.6. The predicted molar refractivity (Wildman–Crippen MR) is 86.9 cm³/mol. The molecule has 2 aromatic carbocycles. The molecule has 0 unspecified atom stereocenters. The topological polar surface area (TPSA) is 84.7 Å². The number of benzene rings is 2. The molecule has 0 aliphatic rings. The van der Waals surface area contributed by atoms with Crippen molar-refractivity contribution < 1.29 is 4.92 Å². The number of nitro groups is 1. The van der Waals surface area contributed by atoms with Crippen LogP contribution in [0.4, 0.5) is 5.69 Å². The van der Waals surface area contributed by atoms with Crippen molar-refractivity contribution in [3.63, 3.8) is 0 Å². The molecular formula is C17H16N4O2. The van der Waals surface area contributed by atoms with E-state index in [1.165, 1.54) is 17.7 Å². The standard InChI is InChI=1S/C17H16N4O2/c22-21(23)15-11-9-14(10-12-15)17-18-16(19-20-17)8-4-7-13-5-2-1-3-6-13/h1-3,5-6,9-12H,4,7-8H2,(H,18,19,20). The maximum absolute atomic E-state index is 10.7. The molecular weight excluding hydrogens is 292 g/mol. The SMILES string of the molecule is O=[N+]([O-])c1ccc(-c2n[nH]c(CCCc3ccccc3)n2)cc1. The number of aryl methyl sites for hydroxylation is 2. The van der Waals surface area contributed by atoms with Crippen LogP contribution >= 0.6 is 0 Å². The first kappa shape index (κ1) is 14.9. The summed E-state index contributed by atoms with van der Waals surface area (Å²) in [5.41, 5.74) is 2.14. The minimum absolute atomic E-state index is 0.0624. The molecule has 116 valence electrons. The highest BCUT2D eigenvalue weighted by molar-refractivity contribution is 5.56. The highest BCUT2D eigenvalue weighted by Crippen LogP contribution is 2.19. The van der Waals surface area contributed by atoms with Gasteiger partial charge in [0.1, 0.15) is 5.82 Å². The quantitative estimate of drug-likeness (QED) is 0.557. The number of H-pyrrole nitrogens is 1. The monoisotopic (exact) mass is 308 g/mol. The van der Waals surface area contributed by atoms with Gasteiger partial charge in [0, 0.05) is 24.1 Å². The number of non-ortho nitro benzene ring substituents is 1. The normalized spacial score (nSPS) is 10.6. The summed E-state index contributed by atoms with van der Waals surface area (Å²) in [6.45, 7) is 0. The Morgan fingerprint density at radius 2 is 1.74 bits per heavy atom. The Labute approximate surface area is 133 Å². The third-order valence-corrected chi connectivity index (χ3v) is 3.59. The summed E-state index contributed by atoms with van der Waals surface area (Å²) in [5.74, 6) is 1.39. The van der Waals surface area contributed by atoms with Crippen molar-refractivity contribution >= 4 is 5.69 Å². The summed E-state index contributed by atoms with van der Waals surface area (Å²) >= 11 is 0. The van der Waals surface area contributed by atoms with Gasteiger partial charge in [-0.3, -0.25) is 15.2 Å². The molecule has 1 aromatic heterocycles. The molecule has 0 amide bonds. The maximum Gasteiger partial charge on any atom is 0.269 e. The zero-order valence-electron chi connectivity index (χ0n) is 12.5. The van der Waals surface area contributed by atoms with Crippen molar-refractivity contribution in [1.29, 1.82) is 0 Å². The van der Waals surface area contributed by atoms with E-state index in [1.54, 1.807) is 12.1 Å². The van der Waals surface area contributed by atoms with Gasteiger partial charge in [0.2, 0.25) is 0 Å². The summed E-state index contributed by atoms with van der Waals surface area (Å²) < 4.78 is 0. The van der Waals surface area contributed by atoms with Crippen LogP contribution in [-0.4, -0.2) is 20.1 Å². The Bertz CT molecular complexity index is 782. The molecule has 1 N–H and O–H groups in total. The van der Waals surface area contributed by atoms with Crippen LogP contribution in [0.1, 0.15) is 17.8 Å². The van der Waals surface area contributed by atoms with E-state index >= 15 is 0 Å². The second kappa shape index (κ2) is 6.83. The van der Waals surface area contributed by atoms with Crippen molar-refractivity contribution in [3.8, 4) is 11.4 Å². The smallest absolute Gasteiger partial charge is 0.263 e. The van der Waals surface area contributed by atoms with Gasteiger partial charge in [-0.15, -0.1) is 0 Å². The molecule has 0 bridgehead atoms. The maximum atomic E-state index is 10.7. The van der Waals surface area contributed by atoms with Crippen LogP contribution in [0.15, 0.2) is 54.6 Å². The van der Waals surface area contributed by atoms with E-state index in [0.717, 1.165) is 30.7 Å². The molecule has 0 aliphatic heterocycles. The Morgan fingerprint density at radius 1 is 1.00 bits per heavy atom. The minimum atomic E-state index is -0.420. The van der Waals surface area contributed by atoms with Crippen LogP contribution in [0.3, 0.4) is 0 Å². The summed E-state index contributed by atoms with van der Waals surface area (Å²) in [6.07, 6.45) is 2.79. The molecule has 6 heteroatoms. The van der Waals surface area contributed by atoms with E-state index in [0.29, 0.717) is 5.82 Å². The van der Waals surface area contributed by atoms with E-state index < -0.39 is 4.92 Å². The third kappa shape index (κ3) is 3.79. The minimum Gasteiger partial charge on any atom is -0.263 e. The summed E-state index contributed by atoms with van der Waals surface area (Å²) in [5, 5.41) is 17.8. The lowest BCUT2D eigenvalue weighted by Gasteiger charge is -1.99. The van der Waals surface area contributed by atoms with Crippen LogP contribution < -0.4 is 0 Å². The van der Waals surface area contributed by atoms with Crippen LogP contribution in [0.25, 0.3) is 11.4 Å². The van der Waals surface area contributed by atoms with E-state index in [4.69, 9.17) is 0 Å². The highest BCUT2D eigenvalue weighted by atomic mass is 16.6. The van der Waals surface area contributed by atoms with Crippen molar-refractivity contribution in [2.45, 2.75) is 19.3 Å². The molecule has 0 atom stereocenters. The first-order chi connectivity index (χ1) is 11.2. The Balaban J connectivity index is 1.60. The first-order valence-electron chi connectivity index (χ1n) is 7.42. The van der Waals surface area contributed by atoms with Gasteiger partial charge in [-0.2, -0.15) is 5.10 Å². The van der Waals surface area contributed by atoms with Gasteiger partial charge in [-0.25, -0.2) is 4.98 Å². The molecule has 0 fully saturated rings. The lowest BCUT2D eigenvalue weighted by molar-refractivity contribution is -0.384. The van der Waals surface area contributed by atoms with Crippen LogP contribution in [0.2, 0.25) is 0 Å². The first-order valence-corrected chi connectivity index (χ1v) is 7.42. The molecule has 0 spiro atoms. The fourth-order valence-electron chi connectivity index (χ4n) is 2.37. The lowest BCUT2D eigenvalue weighted by atomic mass is 10.1. The van der Waals surface area contributed by atoms with E-state index in [-0.39, 0.29) is 5.69 Å². The van der Waals surface area contributed by atoms with Crippen molar-refractivity contribution in [2.24, 2.45) is 0 Å². The van der Waals surface area contributed by atoms with Gasteiger partial charge < -0.3 is 0 Å². The summed E-state index contributed by atoms with van der Waals surface area (Å²) in [4.78, 5) is 14.7. The number of nitro benzene ring substituents is 1. The highest BCUT2D eigenvalue weighted by Gasteiger charge is 2.09. The Hall–Kier alpha value is -3.02. The van der Waals surface area contributed by atoms with Crippen LogP contribution in [0.5, 0.6) is 0 Å². The van der Waals surface area contributed by atoms with Gasteiger partial charge in [0.15, 0.2) is 5.82 Å². The zero-order chi connectivity index (χ0) is 16.1. The second-order valence-electron chi connectivity index (χ2n) is 5.25. The molecule has 23 heavy (non-hydrogen) atoms. The van der Waals surface area contributed by atoms with Crippen LogP contribution in [0, 0.1) is 10.1 Å². The molecule has 1 heterocycles. The number of aromatic amines is 1. The molecule has 3 aromatic rings. The molecule has 3 rings (SSSR count). The number of hydrogen-bond donors (Lipinski definition) is 1. The van der Waals surface area contributed by atoms with E-state index in [1.807, 2.05) is 18.2 Å². The number of nitrogens with one attached hydrogen (secondary N) is 1. The van der Waals surface area contributed by atoms with Gasteiger partial charge in [0.25, 0.3) is 5.69 Å². The second-order valence-corrected chi connectivity index (χ2v) is 5.25. The largest absolute Gasteiger partial charge is 0.269 e.